The minimum atomic E-state index is 0.736. The third-order valence-electron chi connectivity index (χ3n) is 5.01. The van der Waals surface area contributed by atoms with Gasteiger partial charge < -0.3 is 10.1 Å². The van der Waals surface area contributed by atoms with Crippen molar-refractivity contribution in [1.29, 1.82) is 0 Å². The van der Waals surface area contributed by atoms with E-state index in [1.165, 1.54) is 38.5 Å². The van der Waals surface area contributed by atoms with Crippen molar-refractivity contribution in [2.45, 2.75) is 64.8 Å². The molecule has 0 radical (unpaired) electrons. The highest BCUT2D eigenvalue weighted by atomic mass is 16.5. The van der Waals surface area contributed by atoms with Gasteiger partial charge in [0.2, 0.25) is 0 Å². The van der Waals surface area contributed by atoms with E-state index in [0.717, 1.165) is 43.6 Å². The smallest absolute Gasteiger partial charge is 0.0466 e. The number of rotatable bonds is 9. The van der Waals surface area contributed by atoms with E-state index in [1.54, 1.807) is 6.42 Å². The average Bonchev–Trinajstić information content (AvgIpc) is 2.97. The van der Waals surface area contributed by atoms with Crippen molar-refractivity contribution >= 4 is 0 Å². The second kappa shape index (κ2) is 7.49. The first-order chi connectivity index (χ1) is 8.83. The Morgan fingerprint density at radius 1 is 1.22 bits per heavy atom. The number of ether oxygens (including phenoxy) is 1. The van der Waals surface area contributed by atoms with Crippen molar-refractivity contribution in [2.24, 2.45) is 17.8 Å². The molecule has 0 aliphatic heterocycles. The summed E-state index contributed by atoms with van der Waals surface area (Å²) in [6.07, 6.45) is 10.0. The molecular weight excluding hydrogens is 222 g/mol. The summed E-state index contributed by atoms with van der Waals surface area (Å²) in [6, 6.07) is 0.736. The number of fused-ring (bicyclic) bond motifs is 2. The third kappa shape index (κ3) is 3.96. The molecule has 0 heterocycles. The molecule has 4 unspecified atom stereocenters. The number of hydrogen-bond acceptors (Lipinski definition) is 2. The number of nitrogens with one attached hydrogen (secondary N) is 1. The highest BCUT2D eigenvalue weighted by molar-refractivity contribution is 4.91. The normalized spacial score (nSPS) is 32.0. The summed E-state index contributed by atoms with van der Waals surface area (Å²) in [7, 11) is 0. The van der Waals surface area contributed by atoms with Gasteiger partial charge in [-0.15, -0.1) is 0 Å². The molecule has 0 spiro atoms. The molecule has 18 heavy (non-hydrogen) atoms. The van der Waals surface area contributed by atoms with E-state index < -0.39 is 0 Å². The third-order valence-corrected chi connectivity index (χ3v) is 5.01. The van der Waals surface area contributed by atoms with Gasteiger partial charge in [0.05, 0.1) is 0 Å². The second-order valence-electron chi connectivity index (χ2n) is 6.26. The molecule has 2 rings (SSSR count). The maximum absolute atomic E-state index is 5.45. The zero-order valence-electron chi connectivity index (χ0n) is 12.3. The summed E-state index contributed by atoms with van der Waals surface area (Å²) < 4.78 is 5.45. The summed E-state index contributed by atoms with van der Waals surface area (Å²) in [5, 5.41) is 3.69. The van der Waals surface area contributed by atoms with E-state index in [2.05, 4.69) is 19.2 Å². The Labute approximate surface area is 113 Å². The van der Waals surface area contributed by atoms with E-state index in [0.29, 0.717) is 0 Å². The Morgan fingerprint density at radius 2 is 2.11 bits per heavy atom. The van der Waals surface area contributed by atoms with Crippen molar-refractivity contribution in [2.75, 3.05) is 19.8 Å². The molecule has 2 aliphatic carbocycles. The fraction of sp³-hybridized carbons (Fsp3) is 1.00. The first kappa shape index (κ1) is 14.3. The van der Waals surface area contributed by atoms with Gasteiger partial charge in [-0.2, -0.15) is 0 Å². The SMILES string of the molecule is CCNC(CCCOCC)CC1CC2CCC1C2. The monoisotopic (exact) mass is 253 g/mol. The number of hydrogen-bond donors (Lipinski definition) is 1. The molecule has 1 N–H and O–H groups in total. The fourth-order valence-electron chi connectivity index (χ4n) is 4.20. The molecular formula is C16H31NO. The van der Waals surface area contributed by atoms with Gasteiger partial charge >= 0.3 is 0 Å². The Morgan fingerprint density at radius 3 is 2.72 bits per heavy atom. The van der Waals surface area contributed by atoms with Crippen LogP contribution in [-0.2, 0) is 4.74 Å². The molecule has 0 amide bonds. The van der Waals surface area contributed by atoms with Crippen LogP contribution in [0.15, 0.2) is 0 Å². The highest BCUT2D eigenvalue weighted by Gasteiger charge is 2.39. The minimum absolute atomic E-state index is 0.736. The molecule has 0 saturated heterocycles. The molecule has 0 aromatic rings. The van der Waals surface area contributed by atoms with Gasteiger partial charge in [-0.25, -0.2) is 0 Å². The second-order valence-corrected chi connectivity index (χ2v) is 6.26. The lowest BCUT2D eigenvalue weighted by molar-refractivity contribution is 0.138. The Hall–Kier alpha value is -0.0800. The van der Waals surface area contributed by atoms with Crippen LogP contribution in [0, 0.1) is 17.8 Å². The maximum Gasteiger partial charge on any atom is 0.0466 e. The van der Waals surface area contributed by atoms with Gasteiger partial charge in [0.15, 0.2) is 0 Å². The van der Waals surface area contributed by atoms with Crippen LogP contribution >= 0.6 is 0 Å². The Kier molecular flexibility index (Phi) is 5.97. The van der Waals surface area contributed by atoms with Crippen LogP contribution in [0.2, 0.25) is 0 Å². The first-order valence-electron chi connectivity index (χ1n) is 8.14. The van der Waals surface area contributed by atoms with E-state index in [4.69, 9.17) is 4.74 Å². The summed E-state index contributed by atoms with van der Waals surface area (Å²) in [4.78, 5) is 0. The van der Waals surface area contributed by atoms with Gasteiger partial charge in [0.25, 0.3) is 0 Å². The van der Waals surface area contributed by atoms with Crippen molar-refractivity contribution in [3.63, 3.8) is 0 Å². The van der Waals surface area contributed by atoms with Crippen LogP contribution in [0.1, 0.15) is 58.8 Å². The largest absolute Gasteiger partial charge is 0.382 e. The van der Waals surface area contributed by atoms with Crippen LogP contribution < -0.4 is 5.32 Å². The highest BCUT2D eigenvalue weighted by Crippen LogP contribution is 2.50. The maximum atomic E-state index is 5.45. The predicted molar refractivity (Wildman–Crippen MR) is 76.7 cm³/mol. The van der Waals surface area contributed by atoms with E-state index in [-0.39, 0.29) is 0 Å². The summed E-state index contributed by atoms with van der Waals surface area (Å²) in [6.45, 7) is 7.22. The van der Waals surface area contributed by atoms with Gasteiger partial charge in [0, 0.05) is 19.3 Å². The van der Waals surface area contributed by atoms with Gasteiger partial charge in [-0.3, -0.25) is 0 Å². The molecule has 0 aromatic carbocycles. The van der Waals surface area contributed by atoms with Crippen molar-refractivity contribution in [3.8, 4) is 0 Å². The van der Waals surface area contributed by atoms with E-state index in [1.807, 2.05) is 0 Å². The molecule has 4 atom stereocenters. The van der Waals surface area contributed by atoms with Gasteiger partial charge in [-0.1, -0.05) is 13.3 Å². The molecule has 2 bridgehead atoms. The average molecular weight is 253 g/mol. The topological polar surface area (TPSA) is 21.3 Å². The predicted octanol–water partition coefficient (Wildman–Crippen LogP) is 3.61. The first-order valence-corrected chi connectivity index (χ1v) is 8.14. The molecule has 0 aromatic heterocycles. The lowest BCUT2D eigenvalue weighted by atomic mass is 9.83. The molecule has 2 heteroatoms. The van der Waals surface area contributed by atoms with Gasteiger partial charge in [0.1, 0.15) is 0 Å². The molecule has 2 fully saturated rings. The summed E-state index contributed by atoms with van der Waals surface area (Å²) >= 11 is 0. The summed E-state index contributed by atoms with van der Waals surface area (Å²) in [5.74, 6) is 3.19. The summed E-state index contributed by atoms with van der Waals surface area (Å²) in [5.41, 5.74) is 0. The van der Waals surface area contributed by atoms with E-state index in [9.17, 15) is 0 Å². The lowest BCUT2D eigenvalue weighted by Gasteiger charge is -2.27. The molecule has 106 valence electrons. The Bertz CT molecular complexity index is 231. The van der Waals surface area contributed by atoms with Crippen molar-refractivity contribution in [3.05, 3.63) is 0 Å². The fourth-order valence-corrected chi connectivity index (χ4v) is 4.20. The molecule has 2 aliphatic rings. The lowest BCUT2D eigenvalue weighted by Crippen LogP contribution is -2.32. The zero-order valence-corrected chi connectivity index (χ0v) is 12.3. The van der Waals surface area contributed by atoms with Crippen molar-refractivity contribution < 1.29 is 4.74 Å². The van der Waals surface area contributed by atoms with Crippen LogP contribution in [0.5, 0.6) is 0 Å². The zero-order chi connectivity index (χ0) is 12.8. The Balaban J connectivity index is 1.68. The van der Waals surface area contributed by atoms with Crippen LogP contribution in [0.3, 0.4) is 0 Å². The van der Waals surface area contributed by atoms with Crippen molar-refractivity contribution in [1.82, 2.24) is 5.32 Å². The molecule has 2 saturated carbocycles. The molecule has 2 nitrogen and oxygen atoms in total. The minimum Gasteiger partial charge on any atom is -0.382 e. The van der Waals surface area contributed by atoms with Crippen LogP contribution in [-0.4, -0.2) is 25.8 Å². The van der Waals surface area contributed by atoms with Crippen LogP contribution in [0.25, 0.3) is 0 Å². The standard InChI is InChI=1S/C16H31NO/c1-3-17-16(6-5-9-18-4-2)12-15-11-13-7-8-14(15)10-13/h13-17H,3-12H2,1-2H3. The quantitative estimate of drug-likeness (QED) is 0.634. The van der Waals surface area contributed by atoms with Crippen LogP contribution in [0.4, 0.5) is 0 Å². The van der Waals surface area contributed by atoms with E-state index >= 15 is 0 Å². The van der Waals surface area contributed by atoms with Gasteiger partial charge in [-0.05, 0) is 69.7 Å².